The quantitative estimate of drug-likeness (QED) is 0.789. The van der Waals surface area contributed by atoms with Crippen LogP contribution in [0.5, 0.6) is 0 Å². The second-order valence-corrected chi connectivity index (χ2v) is 5.76. The summed E-state index contributed by atoms with van der Waals surface area (Å²) in [6.45, 7) is 4.33. The summed E-state index contributed by atoms with van der Waals surface area (Å²) in [6, 6.07) is 0.689. The van der Waals surface area contributed by atoms with E-state index >= 15 is 0 Å². The topological polar surface area (TPSA) is 58.4 Å². The van der Waals surface area contributed by atoms with E-state index < -0.39 is 0 Å². The van der Waals surface area contributed by atoms with Gasteiger partial charge in [0.2, 0.25) is 5.91 Å². The maximum Gasteiger partial charge on any atom is 0.218 e. The van der Waals surface area contributed by atoms with Crippen LogP contribution in [0.15, 0.2) is 0 Å². The number of piperidine rings is 1. The van der Waals surface area contributed by atoms with Gasteiger partial charge in [-0.1, -0.05) is 12.8 Å². The van der Waals surface area contributed by atoms with Crippen molar-refractivity contribution in [2.24, 2.45) is 11.7 Å². The fourth-order valence-corrected chi connectivity index (χ4v) is 3.49. The van der Waals surface area contributed by atoms with Crippen molar-refractivity contribution < 1.29 is 4.79 Å². The van der Waals surface area contributed by atoms with Crippen molar-refractivity contribution in [2.45, 2.75) is 51.0 Å². The molecule has 0 saturated carbocycles. The predicted octanol–water partition coefficient (Wildman–Crippen LogP) is 1.11. The van der Waals surface area contributed by atoms with Crippen molar-refractivity contribution in [3.05, 3.63) is 0 Å². The van der Waals surface area contributed by atoms with Crippen LogP contribution in [0.2, 0.25) is 0 Å². The SMILES string of the molecule is NC(=O)CCN1CCCCCC1C1CCNCC1. The molecule has 0 spiro atoms. The summed E-state index contributed by atoms with van der Waals surface area (Å²) in [5.74, 6) is 0.653. The van der Waals surface area contributed by atoms with E-state index in [1.54, 1.807) is 0 Å². The third-order valence-electron chi connectivity index (χ3n) is 4.49. The summed E-state index contributed by atoms with van der Waals surface area (Å²) in [5, 5.41) is 3.44. The molecule has 0 aromatic heterocycles. The highest BCUT2D eigenvalue weighted by atomic mass is 16.1. The van der Waals surface area contributed by atoms with Gasteiger partial charge in [-0.25, -0.2) is 0 Å². The van der Waals surface area contributed by atoms with E-state index in [2.05, 4.69) is 10.2 Å². The average molecular weight is 253 g/mol. The number of hydrogen-bond donors (Lipinski definition) is 2. The Kier molecular flexibility index (Phi) is 5.45. The lowest BCUT2D eigenvalue weighted by Crippen LogP contribution is -2.45. The first kappa shape index (κ1) is 13.8. The Labute approximate surface area is 110 Å². The molecule has 4 heteroatoms. The van der Waals surface area contributed by atoms with Crippen molar-refractivity contribution in [2.75, 3.05) is 26.2 Å². The zero-order chi connectivity index (χ0) is 12.8. The number of carbonyl (C=O) groups is 1. The summed E-state index contributed by atoms with van der Waals surface area (Å²) in [5.41, 5.74) is 5.30. The molecule has 0 radical (unpaired) electrons. The Hall–Kier alpha value is -0.610. The van der Waals surface area contributed by atoms with Crippen LogP contribution in [-0.2, 0) is 4.79 Å². The summed E-state index contributed by atoms with van der Waals surface area (Å²) >= 11 is 0. The van der Waals surface area contributed by atoms with Crippen LogP contribution in [-0.4, -0.2) is 43.0 Å². The number of nitrogens with two attached hydrogens (primary N) is 1. The molecule has 1 unspecified atom stereocenters. The van der Waals surface area contributed by atoms with Crippen LogP contribution >= 0.6 is 0 Å². The van der Waals surface area contributed by atoms with Crippen molar-refractivity contribution in [3.8, 4) is 0 Å². The van der Waals surface area contributed by atoms with Gasteiger partial charge in [-0.15, -0.1) is 0 Å². The van der Waals surface area contributed by atoms with Crippen LogP contribution < -0.4 is 11.1 Å². The largest absolute Gasteiger partial charge is 0.370 e. The molecule has 3 N–H and O–H groups in total. The molecular weight excluding hydrogens is 226 g/mol. The Balaban J connectivity index is 1.94. The number of nitrogens with one attached hydrogen (secondary N) is 1. The minimum absolute atomic E-state index is 0.164. The molecule has 1 atom stereocenters. The third-order valence-corrected chi connectivity index (χ3v) is 4.49. The van der Waals surface area contributed by atoms with Gasteiger partial charge in [-0.2, -0.15) is 0 Å². The second kappa shape index (κ2) is 7.10. The number of amides is 1. The molecule has 0 aliphatic carbocycles. The first-order valence-corrected chi connectivity index (χ1v) is 7.50. The Bertz CT molecular complexity index is 264. The molecular formula is C14H27N3O. The maximum atomic E-state index is 11.0. The smallest absolute Gasteiger partial charge is 0.218 e. The fourth-order valence-electron chi connectivity index (χ4n) is 3.49. The van der Waals surface area contributed by atoms with Gasteiger partial charge in [0, 0.05) is 19.0 Å². The number of hydrogen-bond acceptors (Lipinski definition) is 3. The number of likely N-dealkylation sites (tertiary alicyclic amines) is 1. The fraction of sp³-hybridized carbons (Fsp3) is 0.929. The predicted molar refractivity (Wildman–Crippen MR) is 73.2 cm³/mol. The highest BCUT2D eigenvalue weighted by Gasteiger charge is 2.29. The number of rotatable bonds is 4. The molecule has 0 bridgehead atoms. The summed E-state index contributed by atoms with van der Waals surface area (Å²) in [4.78, 5) is 13.5. The molecule has 2 fully saturated rings. The van der Waals surface area contributed by atoms with Crippen LogP contribution in [0.1, 0.15) is 44.9 Å². The van der Waals surface area contributed by atoms with Crippen molar-refractivity contribution in [1.82, 2.24) is 10.2 Å². The third kappa shape index (κ3) is 3.95. The van der Waals surface area contributed by atoms with E-state index in [0.29, 0.717) is 12.5 Å². The lowest BCUT2D eigenvalue weighted by atomic mass is 9.87. The Morgan fingerprint density at radius 1 is 1.17 bits per heavy atom. The average Bonchev–Trinajstić information content (AvgIpc) is 2.62. The van der Waals surface area contributed by atoms with Crippen LogP contribution in [0, 0.1) is 5.92 Å². The normalized spacial score (nSPS) is 27.9. The molecule has 0 aromatic rings. The number of carbonyl (C=O) groups excluding carboxylic acids is 1. The standard InChI is InChI=1S/C14H27N3O/c15-14(18)7-11-17-10-3-1-2-4-13(17)12-5-8-16-9-6-12/h12-13,16H,1-11H2,(H2,15,18). The molecule has 2 heterocycles. The molecule has 0 aromatic carbocycles. The van der Waals surface area contributed by atoms with Gasteiger partial charge in [0.15, 0.2) is 0 Å². The van der Waals surface area contributed by atoms with E-state index in [1.807, 2.05) is 0 Å². The van der Waals surface area contributed by atoms with Gasteiger partial charge >= 0.3 is 0 Å². The first-order valence-electron chi connectivity index (χ1n) is 7.50. The molecule has 104 valence electrons. The van der Waals surface area contributed by atoms with E-state index in [9.17, 15) is 4.79 Å². The van der Waals surface area contributed by atoms with Gasteiger partial charge in [0.05, 0.1) is 0 Å². The lowest BCUT2D eigenvalue weighted by Gasteiger charge is -2.38. The van der Waals surface area contributed by atoms with Crippen molar-refractivity contribution >= 4 is 5.91 Å². The molecule has 2 aliphatic heterocycles. The molecule has 2 aliphatic rings. The monoisotopic (exact) mass is 253 g/mol. The zero-order valence-electron chi connectivity index (χ0n) is 11.4. The molecule has 18 heavy (non-hydrogen) atoms. The summed E-state index contributed by atoms with van der Waals surface area (Å²) in [7, 11) is 0. The van der Waals surface area contributed by atoms with Crippen molar-refractivity contribution in [3.63, 3.8) is 0 Å². The first-order chi connectivity index (χ1) is 8.77. The number of primary amides is 1. The van der Waals surface area contributed by atoms with Gasteiger partial charge in [0.25, 0.3) is 0 Å². The van der Waals surface area contributed by atoms with Crippen LogP contribution in [0.4, 0.5) is 0 Å². The Morgan fingerprint density at radius 2 is 1.94 bits per heavy atom. The Morgan fingerprint density at radius 3 is 2.67 bits per heavy atom. The summed E-state index contributed by atoms with van der Waals surface area (Å²) < 4.78 is 0. The minimum Gasteiger partial charge on any atom is -0.370 e. The molecule has 2 rings (SSSR count). The highest BCUT2D eigenvalue weighted by Crippen LogP contribution is 2.28. The minimum atomic E-state index is -0.164. The van der Waals surface area contributed by atoms with E-state index in [-0.39, 0.29) is 5.91 Å². The van der Waals surface area contributed by atoms with Gasteiger partial charge in [-0.05, 0) is 51.2 Å². The van der Waals surface area contributed by atoms with Crippen LogP contribution in [0.25, 0.3) is 0 Å². The van der Waals surface area contributed by atoms with Gasteiger partial charge in [-0.3, -0.25) is 9.69 Å². The molecule has 4 nitrogen and oxygen atoms in total. The molecule has 2 saturated heterocycles. The number of nitrogens with zero attached hydrogens (tertiary/aromatic N) is 1. The maximum absolute atomic E-state index is 11.0. The highest BCUT2D eigenvalue weighted by molar-refractivity contribution is 5.73. The van der Waals surface area contributed by atoms with E-state index in [0.717, 1.165) is 32.1 Å². The second-order valence-electron chi connectivity index (χ2n) is 5.76. The van der Waals surface area contributed by atoms with Crippen LogP contribution in [0.3, 0.4) is 0 Å². The van der Waals surface area contributed by atoms with E-state index in [4.69, 9.17) is 5.73 Å². The summed E-state index contributed by atoms with van der Waals surface area (Å²) in [6.07, 6.45) is 8.37. The molecule has 1 amide bonds. The van der Waals surface area contributed by atoms with E-state index in [1.165, 1.54) is 38.5 Å². The lowest BCUT2D eigenvalue weighted by molar-refractivity contribution is -0.118. The van der Waals surface area contributed by atoms with Gasteiger partial charge < -0.3 is 11.1 Å². The zero-order valence-corrected chi connectivity index (χ0v) is 11.4. The van der Waals surface area contributed by atoms with Crippen molar-refractivity contribution in [1.29, 1.82) is 0 Å². The van der Waals surface area contributed by atoms with Gasteiger partial charge in [0.1, 0.15) is 0 Å².